The van der Waals surface area contributed by atoms with Crippen LogP contribution in [0.4, 0.5) is 0 Å². The smallest absolute Gasteiger partial charge is 0.281 e. The normalized spacial score (nSPS) is 11.4. The summed E-state index contributed by atoms with van der Waals surface area (Å²) in [5.74, 6) is 0.371. The van der Waals surface area contributed by atoms with Crippen LogP contribution in [-0.4, -0.2) is 30.4 Å². The van der Waals surface area contributed by atoms with Crippen molar-refractivity contribution in [1.82, 2.24) is 14.7 Å². The zero-order chi connectivity index (χ0) is 28.3. The molecule has 0 bridgehead atoms. The van der Waals surface area contributed by atoms with Crippen LogP contribution < -0.4 is 14.2 Å². The van der Waals surface area contributed by atoms with Gasteiger partial charge in [-0.3, -0.25) is 4.79 Å². The molecule has 0 aliphatic heterocycles. The molecule has 0 radical (unpaired) electrons. The van der Waals surface area contributed by atoms with Crippen molar-refractivity contribution in [2.75, 3.05) is 0 Å². The van der Waals surface area contributed by atoms with Crippen LogP contribution in [0.5, 0.6) is 17.4 Å². The number of amides is 1. The minimum Gasteiger partial charge on any atom is -0.491 e. The second kappa shape index (κ2) is 11.2. The number of carbonyl (C=O) groups is 1. The third kappa shape index (κ3) is 6.61. The Morgan fingerprint density at radius 2 is 1.56 bits per heavy atom. The van der Waals surface area contributed by atoms with Crippen LogP contribution in [-0.2, 0) is 10.0 Å². The lowest BCUT2D eigenvalue weighted by Gasteiger charge is -2.16. The average Bonchev–Trinajstić information content (AvgIpc) is 2.86. The van der Waals surface area contributed by atoms with Crippen molar-refractivity contribution < 1.29 is 25.5 Å². The zero-order valence-electron chi connectivity index (χ0n) is 22.8. The molecule has 0 saturated carbocycles. The molecule has 0 aliphatic carbocycles. The standard InChI is InChI=1S/C30H31N3O5S.2H2/c1-18(2)37-24-12-10-23(11-13-24)26-15-14-25(29(34)33-39(35,36)27-9-7-8-22(6)31-27)30(32-26)38-28-20(4)16-19(3)17-21(28)5;;/h7-18H,1-6H3,(H,33,34);2*1H. The predicted molar refractivity (Wildman–Crippen MR) is 154 cm³/mol. The number of ether oxygens (including phenoxy) is 2. The van der Waals surface area contributed by atoms with Gasteiger partial charge in [-0.2, -0.15) is 8.42 Å². The maximum atomic E-state index is 13.3. The Bertz CT molecular complexity index is 1620. The van der Waals surface area contributed by atoms with Crippen LogP contribution in [0.3, 0.4) is 0 Å². The van der Waals surface area contributed by atoms with E-state index in [2.05, 4.69) is 14.7 Å². The molecule has 0 fully saturated rings. The molecule has 0 aliphatic rings. The molecular weight excluding hydrogens is 514 g/mol. The summed E-state index contributed by atoms with van der Waals surface area (Å²) in [5, 5.41) is -0.253. The van der Waals surface area contributed by atoms with Gasteiger partial charge in [0.2, 0.25) is 5.88 Å². The number of hydrogen-bond acceptors (Lipinski definition) is 7. The van der Waals surface area contributed by atoms with E-state index in [4.69, 9.17) is 9.47 Å². The van der Waals surface area contributed by atoms with Gasteiger partial charge in [-0.25, -0.2) is 14.7 Å². The van der Waals surface area contributed by atoms with E-state index in [0.29, 0.717) is 17.1 Å². The summed E-state index contributed by atoms with van der Waals surface area (Å²) in [6.07, 6.45) is 0.0408. The monoisotopic (exact) mass is 549 g/mol. The van der Waals surface area contributed by atoms with Crippen LogP contribution in [0.25, 0.3) is 11.3 Å². The summed E-state index contributed by atoms with van der Waals surface area (Å²) in [6, 6.07) is 19.0. The van der Waals surface area contributed by atoms with E-state index in [1.54, 1.807) is 25.1 Å². The number of nitrogens with zero attached hydrogens (tertiary/aromatic N) is 2. The molecule has 2 aromatic carbocycles. The number of aryl methyl sites for hydroxylation is 4. The fourth-order valence-corrected chi connectivity index (χ4v) is 5.13. The van der Waals surface area contributed by atoms with Gasteiger partial charge in [0.25, 0.3) is 15.9 Å². The quantitative estimate of drug-likeness (QED) is 0.265. The lowest BCUT2D eigenvalue weighted by molar-refractivity contribution is 0.0978. The Balaban J connectivity index is 0.00000294. The Morgan fingerprint density at radius 1 is 0.897 bits per heavy atom. The van der Waals surface area contributed by atoms with E-state index in [0.717, 1.165) is 28.0 Å². The first-order chi connectivity index (χ1) is 18.4. The lowest BCUT2D eigenvalue weighted by Crippen LogP contribution is -2.31. The van der Waals surface area contributed by atoms with E-state index in [1.807, 2.05) is 71.0 Å². The van der Waals surface area contributed by atoms with Crippen molar-refractivity contribution in [2.24, 2.45) is 0 Å². The highest BCUT2D eigenvalue weighted by atomic mass is 32.2. The largest absolute Gasteiger partial charge is 0.491 e. The number of nitrogens with one attached hydrogen (secondary N) is 1. The van der Waals surface area contributed by atoms with Gasteiger partial charge in [-0.05, 0) is 101 Å². The molecule has 206 valence electrons. The van der Waals surface area contributed by atoms with Gasteiger partial charge in [0, 0.05) is 14.1 Å². The average molecular weight is 550 g/mol. The minimum absolute atomic E-state index is 0. The molecule has 1 N–H and O–H groups in total. The van der Waals surface area contributed by atoms with Gasteiger partial charge in [0.1, 0.15) is 17.1 Å². The van der Waals surface area contributed by atoms with Crippen LogP contribution >= 0.6 is 0 Å². The Kier molecular flexibility index (Phi) is 8.01. The van der Waals surface area contributed by atoms with Gasteiger partial charge in [0.15, 0.2) is 5.03 Å². The number of rotatable bonds is 8. The highest BCUT2D eigenvalue weighted by Crippen LogP contribution is 2.33. The van der Waals surface area contributed by atoms with E-state index < -0.39 is 15.9 Å². The summed E-state index contributed by atoms with van der Waals surface area (Å²) >= 11 is 0. The van der Waals surface area contributed by atoms with E-state index in [9.17, 15) is 13.2 Å². The van der Waals surface area contributed by atoms with Crippen molar-refractivity contribution in [2.45, 2.75) is 52.7 Å². The topological polar surface area (TPSA) is 107 Å². The Hall–Kier alpha value is -4.24. The van der Waals surface area contributed by atoms with E-state index in [1.165, 1.54) is 12.1 Å². The highest BCUT2D eigenvalue weighted by Gasteiger charge is 2.24. The van der Waals surface area contributed by atoms with E-state index >= 15 is 0 Å². The van der Waals surface area contributed by atoms with Gasteiger partial charge in [-0.15, -0.1) is 0 Å². The molecule has 4 aromatic rings. The van der Waals surface area contributed by atoms with E-state index in [-0.39, 0.29) is 25.4 Å². The van der Waals surface area contributed by atoms with Crippen molar-refractivity contribution >= 4 is 15.9 Å². The van der Waals surface area contributed by atoms with Crippen LogP contribution in [0.2, 0.25) is 0 Å². The van der Waals surface area contributed by atoms with Gasteiger partial charge in [-0.1, -0.05) is 23.8 Å². The molecule has 4 rings (SSSR count). The molecule has 0 atom stereocenters. The molecule has 0 spiro atoms. The number of benzene rings is 2. The second-order valence-corrected chi connectivity index (χ2v) is 11.3. The summed E-state index contributed by atoms with van der Waals surface area (Å²) < 4.78 is 39.9. The fourth-order valence-electron chi connectivity index (χ4n) is 4.15. The van der Waals surface area contributed by atoms with Crippen LogP contribution in [0.1, 0.15) is 49.4 Å². The first kappa shape index (κ1) is 27.8. The van der Waals surface area contributed by atoms with Crippen LogP contribution in [0.15, 0.2) is 71.8 Å². The molecule has 39 heavy (non-hydrogen) atoms. The number of sulfonamides is 1. The molecule has 1 amide bonds. The van der Waals surface area contributed by atoms with Crippen molar-refractivity contribution in [1.29, 1.82) is 0 Å². The van der Waals surface area contributed by atoms with Crippen molar-refractivity contribution in [3.8, 4) is 28.6 Å². The summed E-state index contributed by atoms with van der Waals surface area (Å²) in [5.41, 5.74) is 4.58. The maximum Gasteiger partial charge on any atom is 0.281 e. The SMILES string of the molecule is Cc1cc(C)c(Oc2nc(-c3ccc(OC(C)C)cc3)ccc2C(=O)NS(=O)(=O)c2cccc(C)n2)c(C)c1.[HH].[HH]. The number of hydrogen-bond donors (Lipinski definition) is 1. The molecular formula is C30H35N3O5S. The highest BCUT2D eigenvalue weighted by molar-refractivity contribution is 7.90. The first-order valence-corrected chi connectivity index (χ1v) is 14.0. The first-order valence-electron chi connectivity index (χ1n) is 12.5. The Morgan fingerprint density at radius 3 is 2.18 bits per heavy atom. The molecule has 0 saturated heterocycles. The number of carbonyl (C=O) groups excluding carboxylic acids is 1. The van der Waals surface area contributed by atoms with Crippen molar-refractivity contribution in [3.05, 3.63) is 94.7 Å². The van der Waals surface area contributed by atoms with Crippen LogP contribution in [0, 0.1) is 27.7 Å². The van der Waals surface area contributed by atoms with Gasteiger partial charge >= 0.3 is 0 Å². The summed E-state index contributed by atoms with van der Waals surface area (Å²) in [4.78, 5) is 22.0. The Labute approximate surface area is 232 Å². The third-order valence-corrected chi connectivity index (χ3v) is 7.03. The fraction of sp³-hybridized carbons (Fsp3) is 0.233. The second-order valence-electron chi connectivity index (χ2n) is 9.62. The maximum absolute atomic E-state index is 13.3. The molecule has 2 heterocycles. The van der Waals surface area contributed by atoms with Gasteiger partial charge < -0.3 is 9.47 Å². The number of pyridine rings is 2. The minimum atomic E-state index is -4.23. The predicted octanol–water partition coefficient (Wildman–Crippen LogP) is 6.57. The molecule has 2 aromatic heterocycles. The molecule has 9 heteroatoms. The third-order valence-electron chi connectivity index (χ3n) is 5.80. The zero-order valence-corrected chi connectivity index (χ0v) is 23.6. The summed E-state index contributed by atoms with van der Waals surface area (Å²) in [7, 11) is -4.23. The molecule has 8 nitrogen and oxygen atoms in total. The summed E-state index contributed by atoms with van der Waals surface area (Å²) in [6.45, 7) is 11.4. The lowest BCUT2D eigenvalue weighted by atomic mass is 10.1. The number of aromatic nitrogens is 2. The van der Waals surface area contributed by atoms with Crippen molar-refractivity contribution in [3.63, 3.8) is 0 Å². The van der Waals surface area contributed by atoms with Gasteiger partial charge in [0.05, 0.1) is 11.8 Å². The molecule has 0 unspecified atom stereocenters.